The molecule has 190 valence electrons. The Bertz CT molecular complexity index is 1180. The summed E-state index contributed by atoms with van der Waals surface area (Å²) in [4.78, 5) is 44.5. The van der Waals surface area contributed by atoms with Gasteiger partial charge >= 0.3 is 0 Å². The largest absolute Gasteiger partial charge is 0.462 e. The SMILES string of the molecule is Cc1ccc(OC(C)(C)C(=O)N2CCC3(CCC(C(=O)Nc4cccc5c4CNC5=O)C3)CC2)nc1. The second kappa shape index (κ2) is 9.22. The van der Waals surface area contributed by atoms with Crippen LogP contribution in [0, 0.1) is 18.3 Å². The summed E-state index contributed by atoms with van der Waals surface area (Å²) in [6.07, 6.45) is 6.18. The zero-order valence-corrected chi connectivity index (χ0v) is 21.2. The number of benzene rings is 1. The summed E-state index contributed by atoms with van der Waals surface area (Å²) in [6, 6.07) is 9.17. The zero-order valence-electron chi connectivity index (χ0n) is 21.2. The Morgan fingerprint density at radius 3 is 2.67 bits per heavy atom. The van der Waals surface area contributed by atoms with Gasteiger partial charge in [-0.25, -0.2) is 4.98 Å². The van der Waals surface area contributed by atoms with Gasteiger partial charge in [0.05, 0.1) is 0 Å². The van der Waals surface area contributed by atoms with Crippen molar-refractivity contribution in [3.8, 4) is 5.88 Å². The number of carbonyl (C=O) groups excluding carboxylic acids is 3. The Morgan fingerprint density at radius 2 is 1.94 bits per heavy atom. The molecule has 1 aliphatic carbocycles. The summed E-state index contributed by atoms with van der Waals surface area (Å²) >= 11 is 0. The molecule has 2 aromatic rings. The molecule has 1 saturated heterocycles. The fraction of sp³-hybridized carbons (Fsp3) is 0.500. The number of hydrogen-bond acceptors (Lipinski definition) is 5. The van der Waals surface area contributed by atoms with Crippen molar-refractivity contribution in [2.75, 3.05) is 18.4 Å². The smallest absolute Gasteiger partial charge is 0.266 e. The van der Waals surface area contributed by atoms with E-state index in [1.54, 1.807) is 32.2 Å². The lowest BCUT2D eigenvalue weighted by Gasteiger charge is -2.42. The molecule has 3 aliphatic rings. The second-order valence-electron chi connectivity index (χ2n) is 11.0. The topological polar surface area (TPSA) is 101 Å². The van der Waals surface area contributed by atoms with Gasteiger partial charge in [0.1, 0.15) is 0 Å². The normalized spacial score (nSPS) is 20.7. The van der Waals surface area contributed by atoms with Crippen LogP contribution in [0.1, 0.15) is 67.4 Å². The summed E-state index contributed by atoms with van der Waals surface area (Å²) in [6.45, 7) is 7.33. The number of ether oxygens (including phenoxy) is 1. The average molecular weight is 491 g/mol. The third kappa shape index (κ3) is 4.68. The molecule has 36 heavy (non-hydrogen) atoms. The van der Waals surface area contributed by atoms with Gasteiger partial charge in [-0.15, -0.1) is 0 Å². The van der Waals surface area contributed by atoms with E-state index in [9.17, 15) is 14.4 Å². The van der Waals surface area contributed by atoms with Crippen molar-refractivity contribution >= 4 is 23.4 Å². The van der Waals surface area contributed by atoms with Crippen molar-refractivity contribution in [3.63, 3.8) is 0 Å². The number of pyridine rings is 1. The molecule has 1 aromatic carbocycles. The molecule has 1 unspecified atom stereocenters. The van der Waals surface area contributed by atoms with Gasteiger partial charge in [-0.3, -0.25) is 14.4 Å². The maximum absolute atomic E-state index is 13.3. The fourth-order valence-electron chi connectivity index (χ4n) is 5.88. The number of nitrogens with zero attached hydrogens (tertiary/aromatic N) is 2. The Kier molecular flexibility index (Phi) is 6.22. The van der Waals surface area contributed by atoms with Gasteiger partial charge in [0.15, 0.2) is 5.60 Å². The number of carbonyl (C=O) groups is 3. The van der Waals surface area contributed by atoms with E-state index in [0.29, 0.717) is 31.1 Å². The van der Waals surface area contributed by atoms with Crippen molar-refractivity contribution < 1.29 is 19.1 Å². The van der Waals surface area contributed by atoms with Crippen molar-refractivity contribution in [2.24, 2.45) is 11.3 Å². The summed E-state index contributed by atoms with van der Waals surface area (Å²) in [5, 5.41) is 5.90. The predicted molar refractivity (Wildman–Crippen MR) is 136 cm³/mol. The molecular formula is C28H34N4O4. The number of aryl methyl sites for hydroxylation is 1. The minimum Gasteiger partial charge on any atom is -0.462 e. The third-order valence-electron chi connectivity index (χ3n) is 8.05. The molecule has 1 spiro atoms. The third-order valence-corrected chi connectivity index (χ3v) is 8.05. The average Bonchev–Trinajstić information content (AvgIpc) is 3.45. The fourth-order valence-corrected chi connectivity index (χ4v) is 5.88. The monoisotopic (exact) mass is 490 g/mol. The highest BCUT2D eigenvalue weighted by Crippen LogP contribution is 2.49. The first-order valence-corrected chi connectivity index (χ1v) is 12.8. The van der Waals surface area contributed by atoms with Crippen LogP contribution in [0.4, 0.5) is 5.69 Å². The van der Waals surface area contributed by atoms with Crippen LogP contribution in [0.3, 0.4) is 0 Å². The molecule has 1 aromatic heterocycles. The number of amides is 3. The molecule has 8 nitrogen and oxygen atoms in total. The van der Waals surface area contributed by atoms with Gasteiger partial charge in [-0.1, -0.05) is 12.1 Å². The number of piperidine rings is 1. The molecule has 5 rings (SSSR count). The molecule has 0 bridgehead atoms. The van der Waals surface area contributed by atoms with Gasteiger partial charge in [-0.2, -0.15) is 0 Å². The van der Waals surface area contributed by atoms with E-state index in [1.165, 1.54) is 0 Å². The highest BCUT2D eigenvalue weighted by Gasteiger charge is 2.46. The van der Waals surface area contributed by atoms with Gasteiger partial charge < -0.3 is 20.3 Å². The van der Waals surface area contributed by atoms with E-state index < -0.39 is 5.60 Å². The maximum Gasteiger partial charge on any atom is 0.266 e. The number of nitrogens with one attached hydrogen (secondary N) is 2. The van der Waals surface area contributed by atoms with Crippen LogP contribution < -0.4 is 15.4 Å². The molecule has 2 N–H and O–H groups in total. The van der Waals surface area contributed by atoms with Crippen LogP contribution >= 0.6 is 0 Å². The van der Waals surface area contributed by atoms with Crippen LogP contribution in [0.2, 0.25) is 0 Å². The number of anilines is 1. The number of hydrogen-bond donors (Lipinski definition) is 2. The molecule has 3 amide bonds. The Morgan fingerprint density at radius 1 is 1.17 bits per heavy atom. The van der Waals surface area contributed by atoms with E-state index in [4.69, 9.17) is 4.74 Å². The second-order valence-corrected chi connectivity index (χ2v) is 11.0. The Labute approximate surface area is 211 Å². The predicted octanol–water partition coefficient (Wildman–Crippen LogP) is 3.84. The molecule has 8 heteroatoms. The van der Waals surface area contributed by atoms with E-state index in [-0.39, 0.29) is 29.1 Å². The van der Waals surface area contributed by atoms with Gasteiger partial charge in [0.2, 0.25) is 11.8 Å². The lowest BCUT2D eigenvalue weighted by Crippen LogP contribution is -2.52. The molecule has 1 atom stereocenters. The Hall–Kier alpha value is -3.42. The van der Waals surface area contributed by atoms with Crippen molar-refractivity contribution in [3.05, 3.63) is 53.2 Å². The number of rotatable bonds is 5. The van der Waals surface area contributed by atoms with E-state index in [1.807, 2.05) is 30.0 Å². The van der Waals surface area contributed by atoms with Crippen molar-refractivity contribution in [1.82, 2.24) is 15.2 Å². The standard InChI is InChI=1S/C28H34N4O4/c1-18-7-8-23(29-16-18)36-27(2,3)26(35)32-13-11-28(12-14-32)10-9-19(15-28)24(33)31-22-6-4-5-20-21(22)17-30-25(20)34/h4-8,16,19H,9-15,17H2,1-3H3,(H,30,34)(H,31,33). The summed E-state index contributed by atoms with van der Waals surface area (Å²) in [5.41, 5.74) is 2.35. The van der Waals surface area contributed by atoms with Crippen LogP contribution in [-0.2, 0) is 16.1 Å². The minimum absolute atomic E-state index is 0.0262. The first-order valence-electron chi connectivity index (χ1n) is 12.8. The molecule has 3 heterocycles. The molecule has 2 aliphatic heterocycles. The number of fused-ring (bicyclic) bond motifs is 1. The minimum atomic E-state index is -1.00. The first-order chi connectivity index (χ1) is 17.2. The maximum atomic E-state index is 13.3. The lowest BCUT2D eigenvalue weighted by molar-refractivity contribution is -0.148. The van der Waals surface area contributed by atoms with Crippen LogP contribution in [0.5, 0.6) is 5.88 Å². The molecule has 0 radical (unpaired) electrons. The summed E-state index contributed by atoms with van der Waals surface area (Å²) in [5.74, 6) is 0.291. The van der Waals surface area contributed by atoms with E-state index in [0.717, 1.165) is 48.9 Å². The van der Waals surface area contributed by atoms with Gasteiger partial charge in [0, 0.05) is 54.6 Å². The highest BCUT2D eigenvalue weighted by molar-refractivity contribution is 6.02. The first kappa shape index (κ1) is 24.3. The zero-order chi connectivity index (χ0) is 25.5. The highest BCUT2D eigenvalue weighted by atomic mass is 16.5. The quantitative estimate of drug-likeness (QED) is 0.663. The Balaban J connectivity index is 1.16. The van der Waals surface area contributed by atoms with Gasteiger partial charge in [-0.05, 0) is 76.0 Å². The molecule has 1 saturated carbocycles. The van der Waals surface area contributed by atoms with Gasteiger partial charge in [0.25, 0.3) is 11.8 Å². The van der Waals surface area contributed by atoms with E-state index >= 15 is 0 Å². The number of aromatic nitrogens is 1. The lowest BCUT2D eigenvalue weighted by atomic mass is 9.76. The van der Waals surface area contributed by atoms with Crippen LogP contribution in [0.15, 0.2) is 36.5 Å². The molecular weight excluding hydrogens is 456 g/mol. The van der Waals surface area contributed by atoms with Crippen molar-refractivity contribution in [2.45, 2.75) is 65.0 Å². The summed E-state index contributed by atoms with van der Waals surface area (Å²) in [7, 11) is 0. The summed E-state index contributed by atoms with van der Waals surface area (Å²) < 4.78 is 5.95. The molecule has 2 fully saturated rings. The van der Waals surface area contributed by atoms with Crippen molar-refractivity contribution in [1.29, 1.82) is 0 Å². The van der Waals surface area contributed by atoms with Crippen LogP contribution in [-0.4, -0.2) is 46.3 Å². The van der Waals surface area contributed by atoms with E-state index in [2.05, 4.69) is 15.6 Å². The van der Waals surface area contributed by atoms with Crippen LogP contribution in [0.25, 0.3) is 0 Å². The number of likely N-dealkylation sites (tertiary alicyclic amines) is 1.